The summed E-state index contributed by atoms with van der Waals surface area (Å²) < 4.78 is 0. The van der Waals surface area contributed by atoms with E-state index in [9.17, 15) is 4.79 Å². The van der Waals surface area contributed by atoms with Gasteiger partial charge in [0.1, 0.15) is 0 Å². The van der Waals surface area contributed by atoms with E-state index in [2.05, 4.69) is 12.2 Å². The fraction of sp³-hybridized carbons (Fsp3) is 0.111. The zero-order chi connectivity index (χ0) is 14.8. The van der Waals surface area contributed by atoms with Crippen LogP contribution < -0.4 is 5.32 Å². The molecule has 0 bridgehead atoms. The molecule has 112 valence electrons. The molecule has 0 aromatic heterocycles. The van der Waals surface area contributed by atoms with Crippen molar-refractivity contribution in [3.8, 4) is 0 Å². The summed E-state index contributed by atoms with van der Waals surface area (Å²) in [4.78, 5) is 11.4. The van der Waals surface area contributed by atoms with E-state index in [0.29, 0.717) is 11.1 Å². The molecule has 0 saturated heterocycles. The number of benzene rings is 1. The molecule has 0 aliphatic heterocycles. The fourth-order valence-electron chi connectivity index (χ4n) is 1.47. The van der Waals surface area contributed by atoms with Gasteiger partial charge in [-0.05, 0) is 17.7 Å². The molecule has 21 heavy (non-hydrogen) atoms. The Morgan fingerprint density at radius 3 is 2.38 bits per heavy atom. The smallest absolute Gasteiger partial charge is 0.546 e. The van der Waals surface area contributed by atoms with Crippen LogP contribution in [0.3, 0.4) is 0 Å². The van der Waals surface area contributed by atoms with Crippen molar-refractivity contribution in [1.29, 1.82) is 0 Å². The van der Waals surface area contributed by atoms with Crippen LogP contribution in [0.25, 0.3) is 0 Å². The second-order valence-corrected chi connectivity index (χ2v) is 4.40. The van der Waals surface area contributed by atoms with E-state index >= 15 is 0 Å². The Kier molecular flexibility index (Phi) is 9.97. The van der Waals surface area contributed by atoms with Crippen LogP contribution >= 0.6 is 0 Å². The van der Waals surface area contributed by atoms with Crippen molar-refractivity contribution in [3.63, 3.8) is 0 Å². The average molecular weight is 372 g/mol. The Morgan fingerprint density at radius 2 is 1.81 bits per heavy atom. The number of hydrogen-bond donors (Lipinski definition) is 1. The van der Waals surface area contributed by atoms with Crippen LogP contribution in [0.15, 0.2) is 72.0 Å². The standard InChI is InChI=1S/C14H13NO.C4H6.Pd/c16-14-9-5-4-8-13(14)11-15-10-12-6-2-1-3-7-12;1-4(2)3;/h1-9,11,15H,10H2;1H,2H2,3H3;/q;-2;+2. The zero-order valence-electron chi connectivity index (χ0n) is 12.0. The first-order chi connectivity index (χ1) is 9.59. The van der Waals surface area contributed by atoms with Gasteiger partial charge in [0.05, 0.1) is 0 Å². The summed E-state index contributed by atoms with van der Waals surface area (Å²) in [7, 11) is 0. The molecule has 1 aromatic carbocycles. The third-order valence-corrected chi connectivity index (χ3v) is 2.33. The third-order valence-electron chi connectivity index (χ3n) is 2.33. The second-order valence-electron chi connectivity index (χ2n) is 4.40. The Labute approximate surface area is 141 Å². The van der Waals surface area contributed by atoms with E-state index < -0.39 is 0 Å². The van der Waals surface area contributed by atoms with E-state index in [1.807, 2.05) is 36.4 Å². The number of ketones is 1. The van der Waals surface area contributed by atoms with Crippen molar-refractivity contribution in [2.24, 2.45) is 0 Å². The van der Waals surface area contributed by atoms with E-state index in [1.165, 1.54) is 5.56 Å². The number of nitrogens with one attached hydrogen (secondary N) is 1. The van der Waals surface area contributed by atoms with Crippen molar-refractivity contribution >= 4 is 5.78 Å². The van der Waals surface area contributed by atoms with Crippen LogP contribution in [0.5, 0.6) is 0 Å². The minimum atomic E-state index is 0. The van der Waals surface area contributed by atoms with Crippen molar-refractivity contribution < 1.29 is 25.2 Å². The minimum absolute atomic E-state index is 0. The average Bonchev–Trinajstić information content (AvgIpc) is 2.42. The zero-order valence-corrected chi connectivity index (χ0v) is 13.5. The first-order valence-electron chi connectivity index (χ1n) is 6.37. The summed E-state index contributed by atoms with van der Waals surface area (Å²) in [5.41, 5.74) is 2.56. The van der Waals surface area contributed by atoms with E-state index in [0.717, 1.165) is 6.54 Å². The minimum Gasteiger partial charge on any atom is -0.546 e. The molecule has 0 fully saturated rings. The molecule has 0 saturated carbocycles. The van der Waals surface area contributed by atoms with E-state index in [4.69, 9.17) is 6.58 Å². The van der Waals surface area contributed by atoms with Gasteiger partial charge in [-0.1, -0.05) is 42.5 Å². The van der Waals surface area contributed by atoms with E-state index in [1.54, 1.807) is 31.4 Å². The topological polar surface area (TPSA) is 29.1 Å². The number of carbonyl (C=O) groups is 1. The molecule has 1 N–H and O–H groups in total. The Balaban J connectivity index is 0.000000715. The second kappa shape index (κ2) is 10.9. The molecule has 2 nitrogen and oxygen atoms in total. The first-order valence-corrected chi connectivity index (χ1v) is 6.37. The number of hydrogen-bond acceptors (Lipinski definition) is 2. The van der Waals surface area contributed by atoms with Crippen LogP contribution in [0, 0.1) is 13.5 Å². The molecule has 0 spiro atoms. The summed E-state index contributed by atoms with van der Waals surface area (Å²) >= 11 is 0. The molecular formula is C18H19NOPd. The molecule has 2 rings (SSSR count). The number of allylic oxidation sites excluding steroid dienone is 6. The van der Waals surface area contributed by atoms with E-state index in [-0.39, 0.29) is 26.2 Å². The van der Waals surface area contributed by atoms with Gasteiger partial charge in [0.15, 0.2) is 5.78 Å². The molecule has 0 heterocycles. The van der Waals surface area contributed by atoms with Crippen molar-refractivity contribution in [2.45, 2.75) is 13.5 Å². The predicted molar refractivity (Wildman–Crippen MR) is 83.5 cm³/mol. The normalized spacial score (nSPS) is 14.0. The van der Waals surface area contributed by atoms with Gasteiger partial charge >= 0.3 is 20.4 Å². The molecule has 1 aliphatic rings. The van der Waals surface area contributed by atoms with Gasteiger partial charge < -0.3 is 24.4 Å². The first kappa shape index (κ1) is 19.2. The molecular weight excluding hydrogens is 353 g/mol. The van der Waals surface area contributed by atoms with Crippen molar-refractivity contribution in [2.75, 3.05) is 0 Å². The maximum absolute atomic E-state index is 11.4. The van der Waals surface area contributed by atoms with Crippen LogP contribution in [0.2, 0.25) is 0 Å². The van der Waals surface area contributed by atoms with Gasteiger partial charge in [-0.3, -0.25) is 4.79 Å². The van der Waals surface area contributed by atoms with Crippen LogP contribution in [-0.4, -0.2) is 5.78 Å². The molecule has 0 radical (unpaired) electrons. The molecule has 0 unspecified atom stereocenters. The van der Waals surface area contributed by atoms with Gasteiger partial charge in [0.25, 0.3) is 0 Å². The summed E-state index contributed by atoms with van der Waals surface area (Å²) in [6.45, 7) is 10.7. The van der Waals surface area contributed by atoms with Crippen LogP contribution in [0.4, 0.5) is 0 Å². The summed E-state index contributed by atoms with van der Waals surface area (Å²) in [6.07, 6.45) is 8.74. The summed E-state index contributed by atoms with van der Waals surface area (Å²) in [6, 6.07) is 10.1. The predicted octanol–water partition coefficient (Wildman–Crippen LogP) is 3.55. The number of rotatable bonds is 3. The Hall–Kier alpha value is -1.82. The monoisotopic (exact) mass is 371 g/mol. The molecule has 1 aromatic rings. The fourth-order valence-corrected chi connectivity index (χ4v) is 1.47. The maximum atomic E-state index is 11.4. The Morgan fingerprint density at radius 1 is 1.24 bits per heavy atom. The van der Waals surface area contributed by atoms with Gasteiger partial charge in [0, 0.05) is 18.3 Å². The van der Waals surface area contributed by atoms with Crippen LogP contribution in [-0.2, 0) is 31.8 Å². The molecule has 1 aliphatic carbocycles. The summed E-state index contributed by atoms with van der Waals surface area (Å²) in [5.74, 6) is 0.0445. The van der Waals surface area contributed by atoms with Crippen molar-refractivity contribution in [1.82, 2.24) is 5.32 Å². The SMILES string of the molecule is O=C1C=CC=CC1=CNCc1ccccc1.[CH-]=C([CH2-])C.[Pd+2]. The van der Waals surface area contributed by atoms with Crippen LogP contribution in [0.1, 0.15) is 12.5 Å². The van der Waals surface area contributed by atoms with Gasteiger partial charge in [-0.2, -0.15) is 0 Å². The molecule has 0 amide bonds. The van der Waals surface area contributed by atoms with Gasteiger partial charge in [-0.15, -0.1) is 6.92 Å². The van der Waals surface area contributed by atoms with Gasteiger partial charge in [0.2, 0.25) is 0 Å². The number of carbonyl (C=O) groups excluding carboxylic acids is 1. The molecule has 3 heteroatoms. The maximum Gasteiger partial charge on any atom is 2.00 e. The third kappa shape index (κ3) is 8.86. The largest absolute Gasteiger partial charge is 2.00 e. The van der Waals surface area contributed by atoms with Crippen molar-refractivity contribution in [3.05, 3.63) is 91.0 Å². The summed E-state index contributed by atoms with van der Waals surface area (Å²) in [5, 5.41) is 3.13. The van der Waals surface area contributed by atoms with Gasteiger partial charge in [-0.25, -0.2) is 0 Å². The molecule has 0 atom stereocenters. The Bertz CT molecular complexity index is 538. The quantitative estimate of drug-likeness (QED) is 0.500.